The Hall–Kier alpha value is -2.38. The first-order valence-electron chi connectivity index (χ1n) is 5.53. The van der Waals surface area contributed by atoms with Gasteiger partial charge >= 0.3 is 0 Å². The summed E-state index contributed by atoms with van der Waals surface area (Å²) in [5.74, 6) is -0.142. The quantitative estimate of drug-likeness (QED) is 0.528. The largest absolute Gasteiger partial charge is 0.872 e. The smallest absolute Gasteiger partial charge is 0.270 e. The van der Waals surface area contributed by atoms with Crippen molar-refractivity contribution < 1.29 is 10.0 Å². The molecule has 1 aromatic carbocycles. The third-order valence-corrected chi connectivity index (χ3v) is 2.88. The minimum absolute atomic E-state index is 0.0711. The van der Waals surface area contributed by atoms with E-state index in [4.69, 9.17) is 23.2 Å². The van der Waals surface area contributed by atoms with Gasteiger partial charge in [-0.2, -0.15) is 5.10 Å². The average Bonchev–Trinajstić information content (AvgIpc) is 2.43. The maximum atomic E-state index is 11.5. The van der Waals surface area contributed by atoms with Crippen molar-refractivity contribution >= 4 is 40.9 Å². The molecule has 0 saturated carbocycles. The van der Waals surface area contributed by atoms with Gasteiger partial charge in [0.05, 0.1) is 21.2 Å². The zero-order valence-electron chi connectivity index (χ0n) is 10.3. The molecule has 0 aliphatic heterocycles. The summed E-state index contributed by atoms with van der Waals surface area (Å²) >= 11 is 11.6. The maximum absolute atomic E-state index is 11.5. The second-order valence-electron chi connectivity index (χ2n) is 3.83. The Morgan fingerprint density at radius 2 is 2.10 bits per heavy atom. The molecule has 7 nitrogen and oxygen atoms in total. The molecule has 0 amide bonds. The Bertz CT molecular complexity index is 722. The first-order chi connectivity index (χ1) is 9.97. The van der Waals surface area contributed by atoms with Gasteiger partial charge in [0, 0.05) is 18.3 Å². The van der Waals surface area contributed by atoms with Crippen molar-refractivity contribution in [1.29, 1.82) is 0 Å². The third-order valence-electron chi connectivity index (χ3n) is 2.39. The van der Waals surface area contributed by atoms with Crippen molar-refractivity contribution in [1.82, 2.24) is 4.98 Å². The molecule has 108 valence electrons. The number of benzene rings is 1. The van der Waals surface area contributed by atoms with Crippen molar-refractivity contribution in [3.8, 4) is 5.75 Å². The highest BCUT2D eigenvalue weighted by Crippen LogP contribution is 2.23. The van der Waals surface area contributed by atoms with E-state index in [2.05, 4.69) is 15.5 Å². The van der Waals surface area contributed by atoms with Gasteiger partial charge in [-0.3, -0.25) is 15.5 Å². The zero-order chi connectivity index (χ0) is 15.4. The van der Waals surface area contributed by atoms with Gasteiger partial charge in [-0.25, -0.2) is 4.98 Å². The van der Waals surface area contributed by atoms with Crippen molar-refractivity contribution in [3.63, 3.8) is 0 Å². The van der Waals surface area contributed by atoms with Gasteiger partial charge in [-0.15, -0.1) is 0 Å². The zero-order valence-corrected chi connectivity index (χ0v) is 11.8. The van der Waals surface area contributed by atoms with Crippen molar-refractivity contribution in [2.24, 2.45) is 5.10 Å². The number of nitrogens with one attached hydrogen (secondary N) is 1. The predicted molar refractivity (Wildman–Crippen MR) is 78.0 cm³/mol. The second-order valence-corrected chi connectivity index (χ2v) is 4.68. The molecule has 0 aliphatic rings. The van der Waals surface area contributed by atoms with E-state index < -0.39 is 4.92 Å². The number of rotatable bonds is 4. The number of non-ortho nitro benzene ring substituents is 1. The molecule has 9 heteroatoms. The monoisotopic (exact) mass is 325 g/mol. The predicted octanol–water partition coefficient (Wildman–Crippen LogP) is 2.82. The van der Waals surface area contributed by atoms with Crippen LogP contribution in [0.5, 0.6) is 5.75 Å². The van der Waals surface area contributed by atoms with Gasteiger partial charge in [-0.05, 0) is 11.6 Å². The lowest BCUT2D eigenvalue weighted by Crippen LogP contribution is -2.00. The Labute approximate surface area is 129 Å². The molecule has 0 fully saturated rings. The van der Waals surface area contributed by atoms with Crippen LogP contribution in [0.25, 0.3) is 0 Å². The molecule has 0 atom stereocenters. The number of hydrogen-bond donors (Lipinski definition) is 1. The number of nitro groups is 1. The van der Waals surface area contributed by atoms with E-state index in [1.54, 1.807) is 0 Å². The summed E-state index contributed by atoms with van der Waals surface area (Å²) in [6.07, 6.45) is 2.53. The van der Waals surface area contributed by atoms with Gasteiger partial charge in [0.25, 0.3) is 5.69 Å². The summed E-state index contributed by atoms with van der Waals surface area (Å²) in [5.41, 5.74) is 2.40. The minimum Gasteiger partial charge on any atom is -0.872 e. The molecule has 0 spiro atoms. The molecule has 0 saturated heterocycles. The molecule has 1 aromatic heterocycles. The van der Waals surface area contributed by atoms with Crippen molar-refractivity contribution in [3.05, 3.63) is 56.2 Å². The van der Waals surface area contributed by atoms with Crippen LogP contribution < -0.4 is 10.5 Å². The number of hydrazone groups is 1. The Morgan fingerprint density at radius 1 is 1.33 bits per heavy atom. The molecule has 0 unspecified atom stereocenters. The van der Waals surface area contributed by atoms with Gasteiger partial charge in [-0.1, -0.05) is 35.0 Å². The number of hydrogen-bond acceptors (Lipinski definition) is 6. The fraction of sp³-hybridized carbons (Fsp3) is 0. The van der Waals surface area contributed by atoms with E-state index >= 15 is 0 Å². The van der Waals surface area contributed by atoms with Crippen LogP contribution in [-0.2, 0) is 0 Å². The number of nitrogens with zero attached hydrogens (tertiary/aromatic N) is 3. The molecule has 1 N–H and O–H groups in total. The average molecular weight is 326 g/mol. The molecular weight excluding hydrogens is 319 g/mol. The lowest BCUT2D eigenvalue weighted by atomic mass is 10.2. The molecule has 0 bridgehead atoms. The number of pyridine rings is 1. The first kappa shape index (κ1) is 15.0. The summed E-state index contributed by atoms with van der Waals surface area (Å²) in [4.78, 5) is 13.9. The molecule has 2 aromatic rings. The molecular formula is C12H7Cl2N4O3-. The number of aromatic nitrogens is 1. The SMILES string of the molecule is O=[N+]([O-])c1ccc([O-])c(/C=N\Nc2ncc(Cl)cc2Cl)c1. The van der Waals surface area contributed by atoms with Gasteiger partial charge < -0.3 is 5.11 Å². The van der Waals surface area contributed by atoms with Crippen LogP contribution in [0.2, 0.25) is 10.0 Å². The van der Waals surface area contributed by atoms with Crippen LogP contribution in [0.1, 0.15) is 5.56 Å². The van der Waals surface area contributed by atoms with Gasteiger partial charge in [0.2, 0.25) is 0 Å². The first-order valence-corrected chi connectivity index (χ1v) is 6.28. The Kier molecular flexibility index (Phi) is 4.56. The van der Waals surface area contributed by atoms with E-state index in [1.807, 2.05) is 0 Å². The Balaban J connectivity index is 2.17. The van der Waals surface area contributed by atoms with Crippen LogP contribution >= 0.6 is 23.2 Å². The lowest BCUT2D eigenvalue weighted by Gasteiger charge is -2.08. The van der Waals surface area contributed by atoms with E-state index in [-0.39, 0.29) is 27.8 Å². The molecule has 21 heavy (non-hydrogen) atoms. The van der Waals surface area contributed by atoms with E-state index in [0.717, 1.165) is 24.4 Å². The van der Waals surface area contributed by atoms with E-state index in [9.17, 15) is 15.2 Å². The lowest BCUT2D eigenvalue weighted by molar-refractivity contribution is -0.385. The molecule has 2 rings (SSSR count). The van der Waals surface area contributed by atoms with Crippen molar-refractivity contribution in [2.75, 3.05) is 5.43 Å². The summed E-state index contributed by atoms with van der Waals surface area (Å²) in [6, 6.07) is 4.84. The highest BCUT2D eigenvalue weighted by molar-refractivity contribution is 6.35. The topological polar surface area (TPSA) is 103 Å². The molecule has 0 aliphatic carbocycles. The maximum Gasteiger partial charge on any atom is 0.270 e. The van der Waals surface area contributed by atoms with Gasteiger partial charge in [0.15, 0.2) is 5.82 Å². The third kappa shape index (κ3) is 3.80. The van der Waals surface area contributed by atoms with Crippen LogP contribution in [0.15, 0.2) is 35.6 Å². The summed E-state index contributed by atoms with van der Waals surface area (Å²) in [7, 11) is 0. The normalized spacial score (nSPS) is 10.8. The van der Waals surface area contributed by atoms with E-state index in [1.165, 1.54) is 12.3 Å². The standard InChI is InChI=1S/C12H8Cl2N4O3/c13-8-4-10(14)12(15-6-8)17-16-5-7-3-9(18(20)21)1-2-11(7)19/h1-6,19H,(H,15,17)/p-1/b16-5-. The highest BCUT2D eigenvalue weighted by Gasteiger charge is 2.05. The molecule has 1 heterocycles. The highest BCUT2D eigenvalue weighted by atomic mass is 35.5. The fourth-order valence-electron chi connectivity index (χ4n) is 1.41. The summed E-state index contributed by atoms with van der Waals surface area (Å²) < 4.78 is 0. The van der Waals surface area contributed by atoms with Crippen LogP contribution in [0.4, 0.5) is 11.5 Å². The Morgan fingerprint density at radius 3 is 2.76 bits per heavy atom. The summed E-state index contributed by atoms with van der Waals surface area (Å²) in [6.45, 7) is 0. The van der Waals surface area contributed by atoms with Crippen LogP contribution in [-0.4, -0.2) is 16.1 Å². The second kappa shape index (κ2) is 6.38. The minimum atomic E-state index is -0.595. The molecule has 0 radical (unpaired) electrons. The van der Waals surface area contributed by atoms with Crippen LogP contribution in [0, 0.1) is 10.1 Å². The number of halogens is 2. The number of anilines is 1. The van der Waals surface area contributed by atoms with Crippen molar-refractivity contribution in [2.45, 2.75) is 0 Å². The van der Waals surface area contributed by atoms with Gasteiger partial charge in [0.1, 0.15) is 0 Å². The fourth-order valence-corrected chi connectivity index (χ4v) is 1.83. The number of nitro benzene ring substituents is 1. The summed E-state index contributed by atoms with van der Waals surface area (Å²) in [5, 5.41) is 26.6. The van der Waals surface area contributed by atoms with E-state index in [0.29, 0.717) is 5.02 Å². The van der Waals surface area contributed by atoms with Crippen LogP contribution in [0.3, 0.4) is 0 Å².